The molecule has 0 radical (unpaired) electrons. The molecule has 1 aliphatic heterocycles. The van der Waals surface area contributed by atoms with Crippen LogP contribution in [-0.4, -0.2) is 23.9 Å². The molecular formula is C22H15F2NO4S. The average Bonchev–Trinajstić information content (AvgIpc) is 3.36. The smallest absolute Gasteiger partial charge is 0.300 e. The number of carbonyl (C=O) groups excluding carboxylic acids is 2. The Kier molecular flexibility index (Phi) is 5.09. The average molecular weight is 427 g/mol. The number of halogens is 2. The largest absolute Gasteiger partial charge is 0.507 e. The van der Waals surface area contributed by atoms with Gasteiger partial charge in [0.05, 0.1) is 23.9 Å². The fraction of sp³-hybridized carbons (Fsp3) is 0.0909. The molecule has 1 unspecified atom stereocenters. The number of thiophene rings is 1. The number of aliphatic hydroxyl groups is 1. The number of hydrogen-bond donors (Lipinski definition) is 1. The van der Waals surface area contributed by atoms with E-state index in [1.807, 2.05) is 0 Å². The zero-order valence-corrected chi connectivity index (χ0v) is 16.5. The van der Waals surface area contributed by atoms with Gasteiger partial charge in [-0.05, 0) is 35.7 Å². The lowest BCUT2D eigenvalue weighted by atomic mass is 9.99. The minimum Gasteiger partial charge on any atom is -0.507 e. The van der Waals surface area contributed by atoms with Crippen molar-refractivity contribution in [3.63, 3.8) is 0 Å². The zero-order chi connectivity index (χ0) is 21.4. The van der Waals surface area contributed by atoms with Crippen molar-refractivity contribution in [1.82, 2.24) is 0 Å². The van der Waals surface area contributed by atoms with Crippen molar-refractivity contribution in [2.75, 3.05) is 12.0 Å². The Morgan fingerprint density at radius 2 is 1.87 bits per heavy atom. The second-order valence-electron chi connectivity index (χ2n) is 6.48. The van der Waals surface area contributed by atoms with Gasteiger partial charge in [-0.3, -0.25) is 14.5 Å². The lowest BCUT2D eigenvalue weighted by Gasteiger charge is -2.24. The number of Topliss-reactive ketones (excluding diaryl/α,β-unsaturated/α-hetero) is 1. The first-order valence-corrected chi connectivity index (χ1v) is 9.75. The highest BCUT2D eigenvalue weighted by Gasteiger charge is 2.48. The summed E-state index contributed by atoms with van der Waals surface area (Å²) in [6, 6.07) is 11.3. The lowest BCUT2D eigenvalue weighted by Crippen LogP contribution is -2.30. The highest BCUT2D eigenvalue weighted by Crippen LogP contribution is 2.45. The first-order valence-electron chi connectivity index (χ1n) is 8.87. The molecule has 30 heavy (non-hydrogen) atoms. The number of methoxy groups -OCH3 is 1. The Bertz CT molecular complexity index is 1170. The van der Waals surface area contributed by atoms with Crippen LogP contribution in [0.4, 0.5) is 14.5 Å². The third kappa shape index (κ3) is 3.15. The van der Waals surface area contributed by atoms with Gasteiger partial charge in [0, 0.05) is 10.9 Å². The van der Waals surface area contributed by atoms with Crippen LogP contribution in [0.15, 0.2) is 65.6 Å². The van der Waals surface area contributed by atoms with Gasteiger partial charge in [-0.2, -0.15) is 0 Å². The molecule has 5 nitrogen and oxygen atoms in total. The molecule has 8 heteroatoms. The Hall–Kier alpha value is -3.52. The number of para-hydroxylation sites is 1. The van der Waals surface area contributed by atoms with E-state index in [0.29, 0.717) is 10.6 Å². The number of carbonyl (C=O) groups is 2. The number of ketones is 1. The standard InChI is InChI=1S/C22H15F2NO4S/c1-29-16-6-3-2-5-13(16)20(26)18-19(17-7-4-10-30-17)25(22(28)21(18)27)15-11-12(23)8-9-14(15)24/h2-11,19,26H,1H3/b20-18-. The molecule has 1 amide bonds. The first-order chi connectivity index (χ1) is 14.4. The maximum absolute atomic E-state index is 14.5. The van der Waals surface area contributed by atoms with Gasteiger partial charge in [-0.1, -0.05) is 18.2 Å². The molecule has 1 fully saturated rings. The zero-order valence-electron chi connectivity index (χ0n) is 15.6. The van der Waals surface area contributed by atoms with Crippen LogP contribution in [-0.2, 0) is 9.59 Å². The molecule has 1 N–H and O–H groups in total. The lowest BCUT2D eigenvalue weighted by molar-refractivity contribution is -0.132. The van der Waals surface area contributed by atoms with Crippen molar-refractivity contribution in [3.05, 3.63) is 87.6 Å². The molecule has 0 saturated carbocycles. The second kappa shape index (κ2) is 7.72. The maximum atomic E-state index is 14.5. The minimum atomic E-state index is -1.12. The molecule has 152 valence electrons. The van der Waals surface area contributed by atoms with Gasteiger partial charge < -0.3 is 9.84 Å². The summed E-state index contributed by atoms with van der Waals surface area (Å²) in [5, 5.41) is 12.7. The van der Waals surface area contributed by atoms with Gasteiger partial charge in [-0.25, -0.2) is 8.78 Å². The van der Waals surface area contributed by atoms with Crippen molar-refractivity contribution < 1.29 is 28.2 Å². The maximum Gasteiger partial charge on any atom is 0.300 e. The van der Waals surface area contributed by atoms with E-state index in [1.165, 1.54) is 24.5 Å². The number of ether oxygens (including phenoxy) is 1. The van der Waals surface area contributed by atoms with Crippen LogP contribution >= 0.6 is 11.3 Å². The minimum absolute atomic E-state index is 0.208. The number of anilines is 1. The fourth-order valence-corrected chi connectivity index (χ4v) is 4.28. The number of nitrogens with zero attached hydrogens (tertiary/aromatic N) is 1. The first kappa shape index (κ1) is 19.8. The van der Waals surface area contributed by atoms with Crippen LogP contribution in [0.25, 0.3) is 5.76 Å². The van der Waals surface area contributed by atoms with E-state index in [-0.39, 0.29) is 16.8 Å². The summed E-state index contributed by atoms with van der Waals surface area (Å²) < 4.78 is 33.6. The Morgan fingerprint density at radius 3 is 2.57 bits per heavy atom. The molecule has 0 bridgehead atoms. The molecule has 2 aromatic carbocycles. The predicted octanol–water partition coefficient (Wildman–Crippen LogP) is 4.66. The molecule has 2 heterocycles. The molecule has 1 aliphatic rings. The van der Waals surface area contributed by atoms with E-state index in [2.05, 4.69) is 0 Å². The number of aliphatic hydroxyl groups excluding tert-OH is 1. The summed E-state index contributed by atoms with van der Waals surface area (Å²) in [5.74, 6) is -3.85. The van der Waals surface area contributed by atoms with Crippen LogP contribution < -0.4 is 9.64 Å². The Balaban J connectivity index is 1.98. The van der Waals surface area contributed by atoms with Gasteiger partial charge in [0.1, 0.15) is 29.2 Å². The van der Waals surface area contributed by atoms with E-state index >= 15 is 0 Å². The van der Waals surface area contributed by atoms with E-state index in [4.69, 9.17) is 4.74 Å². The number of amides is 1. The monoisotopic (exact) mass is 427 g/mol. The number of benzene rings is 2. The van der Waals surface area contributed by atoms with Crippen molar-refractivity contribution in [2.45, 2.75) is 6.04 Å². The quantitative estimate of drug-likeness (QED) is 0.374. The van der Waals surface area contributed by atoms with Crippen LogP contribution in [0.3, 0.4) is 0 Å². The molecule has 3 aromatic rings. The third-order valence-electron chi connectivity index (χ3n) is 4.79. The number of rotatable bonds is 4. The highest BCUT2D eigenvalue weighted by molar-refractivity contribution is 7.10. The van der Waals surface area contributed by atoms with Gasteiger partial charge >= 0.3 is 0 Å². The Labute approximate surface area is 174 Å². The number of hydrogen-bond acceptors (Lipinski definition) is 5. The van der Waals surface area contributed by atoms with Crippen molar-refractivity contribution in [2.24, 2.45) is 0 Å². The van der Waals surface area contributed by atoms with E-state index in [0.717, 1.165) is 23.1 Å². The summed E-state index contributed by atoms with van der Waals surface area (Å²) in [6.45, 7) is 0. The normalized spacial score (nSPS) is 18.1. The van der Waals surface area contributed by atoms with E-state index in [1.54, 1.807) is 35.7 Å². The Morgan fingerprint density at radius 1 is 1.10 bits per heavy atom. The van der Waals surface area contributed by atoms with Crippen molar-refractivity contribution in [3.8, 4) is 5.75 Å². The molecule has 0 aliphatic carbocycles. The second-order valence-corrected chi connectivity index (χ2v) is 7.46. The summed E-state index contributed by atoms with van der Waals surface area (Å²) in [4.78, 5) is 27.2. The van der Waals surface area contributed by atoms with Crippen LogP contribution in [0.5, 0.6) is 5.75 Å². The molecule has 1 atom stereocenters. The van der Waals surface area contributed by atoms with Gasteiger partial charge in [0.2, 0.25) is 0 Å². The predicted molar refractivity (Wildman–Crippen MR) is 108 cm³/mol. The third-order valence-corrected chi connectivity index (χ3v) is 5.71. The molecule has 0 spiro atoms. The van der Waals surface area contributed by atoms with Gasteiger partial charge in [0.15, 0.2) is 0 Å². The summed E-state index contributed by atoms with van der Waals surface area (Å²) in [5.41, 5.74) is -0.399. The highest BCUT2D eigenvalue weighted by atomic mass is 32.1. The summed E-state index contributed by atoms with van der Waals surface area (Å²) in [6.07, 6.45) is 0. The fourth-order valence-electron chi connectivity index (χ4n) is 3.45. The van der Waals surface area contributed by atoms with Crippen LogP contribution in [0, 0.1) is 11.6 Å². The molecule has 4 rings (SSSR count). The van der Waals surface area contributed by atoms with Crippen LogP contribution in [0.1, 0.15) is 16.5 Å². The molecular weight excluding hydrogens is 412 g/mol. The summed E-state index contributed by atoms with van der Waals surface area (Å²) >= 11 is 1.22. The van der Waals surface area contributed by atoms with Crippen molar-refractivity contribution >= 4 is 34.5 Å². The SMILES string of the molecule is COc1ccccc1/C(O)=C1/C(=O)C(=O)N(c2cc(F)ccc2F)C1c1cccs1. The molecule has 1 saturated heterocycles. The van der Waals surface area contributed by atoms with Crippen molar-refractivity contribution in [1.29, 1.82) is 0 Å². The summed E-state index contributed by atoms with van der Waals surface area (Å²) in [7, 11) is 1.41. The van der Waals surface area contributed by atoms with Gasteiger partial charge in [0.25, 0.3) is 11.7 Å². The topological polar surface area (TPSA) is 66.8 Å². The van der Waals surface area contributed by atoms with E-state index < -0.39 is 35.1 Å². The van der Waals surface area contributed by atoms with Crippen LogP contribution in [0.2, 0.25) is 0 Å². The molecule has 1 aromatic heterocycles. The van der Waals surface area contributed by atoms with E-state index in [9.17, 15) is 23.5 Å². The van der Waals surface area contributed by atoms with Gasteiger partial charge in [-0.15, -0.1) is 11.3 Å².